The van der Waals surface area contributed by atoms with Crippen molar-refractivity contribution in [2.24, 2.45) is 0 Å². The number of Topliss-reactive ketones (excluding diaryl/α,β-unsaturated/α-hetero) is 1. The van der Waals surface area contributed by atoms with E-state index in [1.807, 2.05) is 19.9 Å². The lowest BCUT2D eigenvalue weighted by Crippen LogP contribution is -2.14. The van der Waals surface area contributed by atoms with Crippen LogP contribution in [0.2, 0.25) is 0 Å². The van der Waals surface area contributed by atoms with Crippen LogP contribution in [-0.2, 0) is 4.79 Å². The first-order valence-corrected chi connectivity index (χ1v) is 8.64. The van der Waals surface area contributed by atoms with Crippen molar-refractivity contribution in [3.63, 3.8) is 0 Å². The molecule has 0 spiro atoms. The Bertz CT molecular complexity index is 804. The standard InChI is InChI=1S/C18H19F2NO4S/c1-10-8-13(11(2)26-10)14(22)5-7-17(23)21-12-4-6-15(24-3)16(9-12)25-18(19)20/h4,6,8-9,18H,5,7H2,1-3H3,(H,21,23). The van der Waals surface area contributed by atoms with Gasteiger partial charge >= 0.3 is 6.61 Å². The van der Waals surface area contributed by atoms with Crippen molar-refractivity contribution in [3.05, 3.63) is 39.6 Å². The van der Waals surface area contributed by atoms with E-state index in [1.165, 1.54) is 36.6 Å². The molecule has 0 aliphatic carbocycles. The molecule has 2 aromatic rings. The van der Waals surface area contributed by atoms with Gasteiger partial charge in [-0.1, -0.05) is 0 Å². The van der Waals surface area contributed by atoms with Crippen molar-refractivity contribution in [2.45, 2.75) is 33.3 Å². The molecule has 2 rings (SSSR count). The van der Waals surface area contributed by atoms with Crippen LogP contribution in [0.4, 0.5) is 14.5 Å². The quantitative estimate of drug-likeness (QED) is 0.678. The first-order valence-electron chi connectivity index (χ1n) is 7.83. The lowest BCUT2D eigenvalue weighted by Gasteiger charge is -2.12. The molecule has 0 radical (unpaired) electrons. The number of ketones is 1. The molecule has 0 fully saturated rings. The summed E-state index contributed by atoms with van der Waals surface area (Å²) < 4.78 is 34.2. The van der Waals surface area contributed by atoms with Gasteiger partial charge in [-0.05, 0) is 32.0 Å². The Hall–Kier alpha value is -2.48. The van der Waals surface area contributed by atoms with Crippen LogP contribution in [0.3, 0.4) is 0 Å². The van der Waals surface area contributed by atoms with Crippen LogP contribution in [0.1, 0.15) is 33.0 Å². The molecule has 1 aromatic heterocycles. The maximum atomic E-state index is 12.4. The molecule has 0 atom stereocenters. The monoisotopic (exact) mass is 383 g/mol. The van der Waals surface area contributed by atoms with Crippen molar-refractivity contribution in [1.29, 1.82) is 0 Å². The normalized spacial score (nSPS) is 10.7. The maximum Gasteiger partial charge on any atom is 0.387 e. The van der Waals surface area contributed by atoms with Crippen LogP contribution in [-0.4, -0.2) is 25.4 Å². The minimum absolute atomic E-state index is 0.00969. The van der Waals surface area contributed by atoms with Crippen molar-refractivity contribution in [2.75, 3.05) is 12.4 Å². The smallest absolute Gasteiger partial charge is 0.387 e. The molecule has 26 heavy (non-hydrogen) atoms. The van der Waals surface area contributed by atoms with Gasteiger partial charge in [-0.25, -0.2) is 0 Å². The van der Waals surface area contributed by atoms with Crippen LogP contribution in [0.15, 0.2) is 24.3 Å². The van der Waals surface area contributed by atoms with Gasteiger partial charge in [0.15, 0.2) is 17.3 Å². The number of halogens is 2. The summed E-state index contributed by atoms with van der Waals surface area (Å²) in [6.07, 6.45) is 0.0592. The third kappa shape index (κ3) is 5.26. The topological polar surface area (TPSA) is 64.6 Å². The number of aryl methyl sites for hydroxylation is 2. The maximum absolute atomic E-state index is 12.4. The van der Waals surface area contributed by atoms with E-state index >= 15 is 0 Å². The number of rotatable bonds is 8. The molecule has 0 bridgehead atoms. The highest BCUT2D eigenvalue weighted by atomic mass is 32.1. The minimum Gasteiger partial charge on any atom is -0.493 e. The molecule has 0 saturated carbocycles. The average molecular weight is 383 g/mol. The first-order chi connectivity index (χ1) is 12.3. The summed E-state index contributed by atoms with van der Waals surface area (Å²) in [4.78, 5) is 26.2. The van der Waals surface area contributed by atoms with Gasteiger partial charge in [-0.15, -0.1) is 11.3 Å². The summed E-state index contributed by atoms with van der Waals surface area (Å²) in [6.45, 7) is 0.779. The Morgan fingerprint density at radius 2 is 1.88 bits per heavy atom. The van der Waals surface area contributed by atoms with Gasteiger partial charge in [0, 0.05) is 39.9 Å². The average Bonchev–Trinajstić information content (AvgIpc) is 2.91. The number of hydrogen-bond acceptors (Lipinski definition) is 5. The summed E-state index contributed by atoms with van der Waals surface area (Å²) in [5, 5.41) is 2.56. The second-order valence-electron chi connectivity index (χ2n) is 5.54. The number of alkyl halides is 2. The van der Waals surface area contributed by atoms with E-state index in [-0.39, 0.29) is 35.8 Å². The Morgan fingerprint density at radius 3 is 2.46 bits per heavy atom. The van der Waals surface area contributed by atoms with Gasteiger partial charge in [-0.2, -0.15) is 8.78 Å². The van der Waals surface area contributed by atoms with Crippen LogP contribution >= 0.6 is 11.3 Å². The predicted molar refractivity (Wildman–Crippen MR) is 95.6 cm³/mol. The first kappa shape index (κ1) is 19.8. The molecule has 0 saturated heterocycles. The number of thiophene rings is 1. The highest BCUT2D eigenvalue weighted by Gasteiger charge is 2.15. The number of carbonyl (C=O) groups is 2. The van der Waals surface area contributed by atoms with E-state index < -0.39 is 12.5 Å². The number of ether oxygens (including phenoxy) is 2. The van der Waals surface area contributed by atoms with Gasteiger partial charge in [0.2, 0.25) is 5.91 Å². The number of benzene rings is 1. The fourth-order valence-corrected chi connectivity index (χ4v) is 3.38. The minimum atomic E-state index is -3.01. The van der Waals surface area contributed by atoms with Crippen LogP contribution in [0, 0.1) is 13.8 Å². The third-order valence-corrected chi connectivity index (χ3v) is 4.55. The Labute approximate surface area is 153 Å². The van der Waals surface area contributed by atoms with Crippen molar-refractivity contribution >= 4 is 28.7 Å². The molecule has 5 nitrogen and oxygen atoms in total. The second kappa shape index (κ2) is 8.75. The van der Waals surface area contributed by atoms with Gasteiger partial charge in [-0.3, -0.25) is 9.59 Å². The van der Waals surface area contributed by atoms with Crippen LogP contribution < -0.4 is 14.8 Å². The number of amides is 1. The predicted octanol–water partition coefficient (Wildman–Crippen LogP) is 4.58. The molecular formula is C18H19F2NO4S. The number of hydrogen-bond donors (Lipinski definition) is 1. The van der Waals surface area contributed by atoms with E-state index in [9.17, 15) is 18.4 Å². The molecule has 1 N–H and O–H groups in total. The number of carbonyl (C=O) groups excluding carboxylic acids is 2. The van der Waals surface area contributed by atoms with Crippen molar-refractivity contribution in [3.8, 4) is 11.5 Å². The number of nitrogens with one attached hydrogen (secondary N) is 1. The Balaban J connectivity index is 1.97. The highest BCUT2D eigenvalue weighted by Crippen LogP contribution is 2.31. The number of methoxy groups -OCH3 is 1. The lowest BCUT2D eigenvalue weighted by atomic mass is 10.1. The molecule has 8 heteroatoms. The van der Waals surface area contributed by atoms with E-state index in [0.717, 1.165) is 9.75 Å². The van der Waals surface area contributed by atoms with Gasteiger partial charge in [0.25, 0.3) is 0 Å². The fourth-order valence-electron chi connectivity index (χ4n) is 2.44. The zero-order chi connectivity index (χ0) is 19.3. The van der Waals surface area contributed by atoms with Crippen LogP contribution in [0.25, 0.3) is 0 Å². The summed E-state index contributed by atoms with van der Waals surface area (Å²) in [5.41, 5.74) is 0.916. The molecule has 1 aromatic carbocycles. The largest absolute Gasteiger partial charge is 0.493 e. The van der Waals surface area contributed by atoms with Gasteiger partial charge in [0.1, 0.15) is 0 Å². The molecule has 0 aliphatic heterocycles. The number of anilines is 1. The van der Waals surface area contributed by atoms with E-state index in [4.69, 9.17) is 4.74 Å². The molecule has 1 heterocycles. The van der Waals surface area contributed by atoms with E-state index in [2.05, 4.69) is 10.1 Å². The summed E-state index contributed by atoms with van der Waals surface area (Å²) in [6, 6.07) is 5.98. The van der Waals surface area contributed by atoms with Crippen molar-refractivity contribution < 1.29 is 27.8 Å². The highest BCUT2D eigenvalue weighted by molar-refractivity contribution is 7.12. The van der Waals surface area contributed by atoms with E-state index in [0.29, 0.717) is 5.56 Å². The molecule has 140 valence electrons. The SMILES string of the molecule is COc1ccc(NC(=O)CCC(=O)c2cc(C)sc2C)cc1OC(F)F. The molecule has 0 aliphatic rings. The second-order valence-corrected chi connectivity index (χ2v) is 7.00. The lowest BCUT2D eigenvalue weighted by molar-refractivity contribution is -0.116. The Morgan fingerprint density at radius 1 is 1.15 bits per heavy atom. The Kier molecular flexibility index (Phi) is 6.68. The molecule has 1 amide bonds. The summed E-state index contributed by atoms with van der Waals surface area (Å²) in [7, 11) is 1.33. The van der Waals surface area contributed by atoms with E-state index in [1.54, 1.807) is 0 Å². The zero-order valence-electron chi connectivity index (χ0n) is 14.6. The van der Waals surface area contributed by atoms with Gasteiger partial charge in [0.05, 0.1) is 7.11 Å². The zero-order valence-corrected chi connectivity index (χ0v) is 15.4. The van der Waals surface area contributed by atoms with Gasteiger partial charge < -0.3 is 14.8 Å². The fraction of sp³-hybridized carbons (Fsp3) is 0.333. The van der Waals surface area contributed by atoms with Crippen LogP contribution in [0.5, 0.6) is 11.5 Å². The molecule has 0 unspecified atom stereocenters. The third-order valence-electron chi connectivity index (χ3n) is 3.58. The van der Waals surface area contributed by atoms with Crippen molar-refractivity contribution in [1.82, 2.24) is 0 Å². The summed E-state index contributed by atoms with van der Waals surface area (Å²) >= 11 is 1.54. The summed E-state index contributed by atoms with van der Waals surface area (Å²) in [5.74, 6) is -0.544. The molecular weight excluding hydrogens is 364 g/mol.